The van der Waals surface area contributed by atoms with Gasteiger partial charge in [0.1, 0.15) is 0 Å². The third-order valence-corrected chi connectivity index (χ3v) is 6.76. The van der Waals surface area contributed by atoms with Crippen molar-refractivity contribution in [3.8, 4) is 11.8 Å². The standard InChI is InChI=1S/C18H25NS2.C2H2O4/c1-19(14-12-17-9-4-2-5-10-17)13-7-3-6-11-18-20-15-8-16-21-18;3-1(4)2(5)6/h2,4-5,9-10,18H,6,8,11-16H2,1H3;(H,3,4)(H,5,6). The van der Waals surface area contributed by atoms with Crippen LogP contribution in [0.2, 0.25) is 0 Å². The van der Waals surface area contributed by atoms with Crippen LogP contribution in [0.25, 0.3) is 0 Å². The largest absolute Gasteiger partial charge is 0.473 e. The average Bonchev–Trinajstić information content (AvgIpc) is 2.68. The lowest BCUT2D eigenvalue weighted by atomic mass is 10.1. The zero-order valence-corrected chi connectivity index (χ0v) is 17.2. The number of carbonyl (C=O) groups is 2. The normalized spacial score (nSPS) is 13.9. The number of carboxylic acid groups (broad SMARTS) is 2. The number of rotatable bonds is 6. The Bertz CT molecular complexity index is 610. The van der Waals surface area contributed by atoms with Crippen LogP contribution < -0.4 is 0 Å². The third-order valence-electron chi connectivity index (χ3n) is 3.68. The minimum atomic E-state index is -1.82. The maximum Gasteiger partial charge on any atom is 0.414 e. The Hall–Kier alpha value is -1.62. The summed E-state index contributed by atoms with van der Waals surface area (Å²) >= 11 is 4.24. The molecule has 1 aromatic rings. The summed E-state index contributed by atoms with van der Waals surface area (Å²) in [5.74, 6) is 5.69. The molecule has 0 amide bonds. The molecule has 1 fully saturated rings. The van der Waals surface area contributed by atoms with Crippen molar-refractivity contribution in [3.63, 3.8) is 0 Å². The highest BCUT2D eigenvalue weighted by Crippen LogP contribution is 2.33. The van der Waals surface area contributed by atoms with Gasteiger partial charge in [-0.15, -0.1) is 29.4 Å². The molecule has 1 aromatic carbocycles. The van der Waals surface area contributed by atoms with Gasteiger partial charge in [-0.2, -0.15) is 0 Å². The van der Waals surface area contributed by atoms with Gasteiger partial charge in [0.05, 0.1) is 11.1 Å². The van der Waals surface area contributed by atoms with Gasteiger partial charge in [-0.05, 0) is 43.4 Å². The van der Waals surface area contributed by atoms with Crippen LogP contribution in [0.3, 0.4) is 0 Å². The van der Waals surface area contributed by atoms with Gasteiger partial charge in [0, 0.05) is 13.0 Å². The summed E-state index contributed by atoms with van der Waals surface area (Å²) in [6.45, 7) is 1.96. The number of hydrogen-bond donors (Lipinski definition) is 2. The number of benzene rings is 1. The van der Waals surface area contributed by atoms with Gasteiger partial charge in [-0.3, -0.25) is 4.90 Å². The van der Waals surface area contributed by atoms with Gasteiger partial charge in [0.2, 0.25) is 0 Å². The average molecular weight is 410 g/mol. The molecule has 1 saturated heterocycles. The van der Waals surface area contributed by atoms with Gasteiger partial charge < -0.3 is 10.2 Å². The predicted molar refractivity (Wildman–Crippen MR) is 113 cm³/mol. The van der Waals surface area contributed by atoms with E-state index in [1.54, 1.807) is 0 Å². The summed E-state index contributed by atoms with van der Waals surface area (Å²) in [5.41, 5.74) is 1.41. The summed E-state index contributed by atoms with van der Waals surface area (Å²) in [6, 6.07) is 10.7. The fourth-order valence-electron chi connectivity index (χ4n) is 2.22. The first kappa shape index (κ1) is 23.4. The quantitative estimate of drug-likeness (QED) is 0.551. The Morgan fingerprint density at radius 2 is 1.74 bits per heavy atom. The van der Waals surface area contributed by atoms with Crippen LogP contribution >= 0.6 is 23.5 Å². The van der Waals surface area contributed by atoms with E-state index in [1.807, 2.05) is 0 Å². The summed E-state index contributed by atoms with van der Waals surface area (Å²) in [4.78, 5) is 20.5. The number of nitrogens with zero attached hydrogens (tertiary/aromatic N) is 1. The van der Waals surface area contributed by atoms with Gasteiger partial charge >= 0.3 is 11.9 Å². The highest BCUT2D eigenvalue weighted by Gasteiger charge is 2.12. The topological polar surface area (TPSA) is 77.8 Å². The van der Waals surface area contributed by atoms with Crippen molar-refractivity contribution in [2.45, 2.75) is 30.3 Å². The van der Waals surface area contributed by atoms with Crippen molar-refractivity contribution in [2.75, 3.05) is 31.6 Å². The van der Waals surface area contributed by atoms with Crippen molar-refractivity contribution in [1.82, 2.24) is 4.90 Å². The molecule has 148 valence electrons. The van der Waals surface area contributed by atoms with Gasteiger partial charge in [-0.25, -0.2) is 9.59 Å². The second-order valence-electron chi connectivity index (χ2n) is 6.00. The highest BCUT2D eigenvalue weighted by atomic mass is 32.2. The molecule has 0 aliphatic carbocycles. The van der Waals surface area contributed by atoms with Crippen LogP contribution in [0.5, 0.6) is 0 Å². The molecule has 0 aromatic heterocycles. The van der Waals surface area contributed by atoms with E-state index in [0.717, 1.165) is 30.5 Å². The lowest BCUT2D eigenvalue weighted by Gasteiger charge is -2.19. The molecule has 0 radical (unpaired) electrons. The van der Waals surface area contributed by atoms with Gasteiger partial charge in [0.15, 0.2) is 0 Å². The molecule has 1 aliphatic rings. The maximum absolute atomic E-state index is 9.10. The number of likely N-dealkylation sites (N-methyl/N-ethyl adjacent to an activating group) is 1. The van der Waals surface area contributed by atoms with E-state index in [-0.39, 0.29) is 0 Å². The van der Waals surface area contributed by atoms with Crippen molar-refractivity contribution in [1.29, 1.82) is 0 Å². The molecular formula is C20H27NO4S2. The lowest BCUT2D eigenvalue weighted by molar-refractivity contribution is -0.159. The molecule has 2 rings (SSSR count). The SMILES string of the molecule is CN(CC#CCCC1SCCCS1)CCc1ccccc1.O=C(O)C(=O)O. The minimum absolute atomic E-state index is 0.795. The second-order valence-corrected chi connectivity index (χ2v) is 8.92. The molecule has 5 nitrogen and oxygen atoms in total. The molecule has 0 unspecified atom stereocenters. The lowest BCUT2D eigenvalue weighted by Crippen LogP contribution is -2.21. The van der Waals surface area contributed by atoms with E-state index in [9.17, 15) is 0 Å². The van der Waals surface area contributed by atoms with E-state index in [2.05, 4.69) is 77.6 Å². The second kappa shape index (κ2) is 14.4. The molecule has 2 N–H and O–H groups in total. The molecule has 1 heterocycles. The Labute approximate surface area is 169 Å². The van der Waals surface area contributed by atoms with Crippen LogP contribution in [-0.2, 0) is 16.0 Å². The van der Waals surface area contributed by atoms with Crippen LogP contribution in [0.15, 0.2) is 30.3 Å². The van der Waals surface area contributed by atoms with Crippen LogP contribution in [-0.4, -0.2) is 63.3 Å². The summed E-state index contributed by atoms with van der Waals surface area (Å²) in [7, 11) is 2.16. The molecule has 1 aliphatic heterocycles. The maximum atomic E-state index is 9.10. The first-order chi connectivity index (χ1) is 13.0. The Kier molecular flexibility index (Phi) is 12.5. The van der Waals surface area contributed by atoms with E-state index in [4.69, 9.17) is 19.8 Å². The zero-order valence-electron chi connectivity index (χ0n) is 15.6. The molecule has 27 heavy (non-hydrogen) atoms. The van der Waals surface area contributed by atoms with Crippen molar-refractivity contribution in [2.24, 2.45) is 0 Å². The Balaban J connectivity index is 0.000000527. The smallest absolute Gasteiger partial charge is 0.414 e. The summed E-state index contributed by atoms with van der Waals surface area (Å²) < 4.78 is 0.795. The molecule has 7 heteroatoms. The van der Waals surface area contributed by atoms with Crippen molar-refractivity contribution >= 4 is 35.5 Å². The fourth-order valence-corrected chi connectivity index (χ4v) is 5.08. The van der Waals surface area contributed by atoms with Gasteiger partial charge in [0.25, 0.3) is 0 Å². The van der Waals surface area contributed by atoms with E-state index < -0.39 is 11.9 Å². The fraction of sp³-hybridized carbons (Fsp3) is 0.500. The zero-order chi connectivity index (χ0) is 19.9. The number of carboxylic acids is 2. The highest BCUT2D eigenvalue weighted by molar-refractivity contribution is 8.17. The first-order valence-electron chi connectivity index (χ1n) is 8.86. The minimum Gasteiger partial charge on any atom is -0.473 e. The van der Waals surface area contributed by atoms with E-state index >= 15 is 0 Å². The Morgan fingerprint density at radius 1 is 1.11 bits per heavy atom. The van der Waals surface area contributed by atoms with Gasteiger partial charge in [-0.1, -0.05) is 36.3 Å². The molecule has 0 saturated carbocycles. The summed E-state index contributed by atoms with van der Waals surface area (Å²) in [5, 5.41) is 14.8. The monoisotopic (exact) mass is 409 g/mol. The molecule has 0 spiro atoms. The van der Waals surface area contributed by atoms with Crippen LogP contribution in [0, 0.1) is 11.8 Å². The number of aliphatic carboxylic acids is 2. The summed E-state index contributed by atoms with van der Waals surface area (Å²) in [6.07, 6.45) is 4.78. The molecule has 0 bridgehead atoms. The third kappa shape index (κ3) is 12.4. The van der Waals surface area contributed by atoms with E-state index in [1.165, 1.54) is 29.9 Å². The number of thioether (sulfide) groups is 2. The first-order valence-corrected chi connectivity index (χ1v) is 11.0. The Morgan fingerprint density at radius 3 is 2.33 bits per heavy atom. The van der Waals surface area contributed by atoms with Crippen LogP contribution in [0.1, 0.15) is 24.8 Å². The van der Waals surface area contributed by atoms with Crippen molar-refractivity contribution < 1.29 is 19.8 Å². The van der Waals surface area contributed by atoms with Crippen molar-refractivity contribution in [3.05, 3.63) is 35.9 Å². The predicted octanol–water partition coefficient (Wildman–Crippen LogP) is 3.30. The van der Waals surface area contributed by atoms with E-state index in [0.29, 0.717) is 0 Å². The molecular weight excluding hydrogens is 382 g/mol. The molecule has 0 atom stereocenters. The number of hydrogen-bond acceptors (Lipinski definition) is 5. The van der Waals surface area contributed by atoms with Crippen LogP contribution in [0.4, 0.5) is 0 Å².